The van der Waals surface area contributed by atoms with Crippen molar-refractivity contribution in [3.8, 4) is 11.5 Å². The van der Waals surface area contributed by atoms with E-state index in [4.69, 9.17) is 4.42 Å². The van der Waals surface area contributed by atoms with Gasteiger partial charge in [0, 0.05) is 16.2 Å². The standard InChI is InChI=1S/C18H18N2OS2/c1-12-8-13(2)10-15(9-12)17-19-20-18(21-17)23-11-14-4-6-16(22-3)7-5-14/h4-10H,11H2,1-3H3. The first-order chi connectivity index (χ1) is 11.1. The Morgan fingerprint density at radius 2 is 1.65 bits per heavy atom. The average molecular weight is 342 g/mol. The lowest BCUT2D eigenvalue weighted by Crippen LogP contribution is -1.82. The van der Waals surface area contributed by atoms with Crippen molar-refractivity contribution < 1.29 is 4.42 Å². The molecule has 118 valence electrons. The van der Waals surface area contributed by atoms with E-state index in [9.17, 15) is 0 Å². The largest absolute Gasteiger partial charge is 0.411 e. The van der Waals surface area contributed by atoms with Crippen LogP contribution in [0.25, 0.3) is 11.5 Å². The van der Waals surface area contributed by atoms with Gasteiger partial charge in [0.15, 0.2) is 0 Å². The first-order valence-corrected chi connectivity index (χ1v) is 9.53. The van der Waals surface area contributed by atoms with Gasteiger partial charge in [-0.2, -0.15) is 0 Å². The summed E-state index contributed by atoms with van der Waals surface area (Å²) in [4.78, 5) is 1.27. The van der Waals surface area contributed by atoms with E-state index in [1.165, 1.54) is 21.6 Å². The van der Waals surface area contributed by atoms with Crippen LogP contribution in [0.1, 0.15) is 16.7 Å². The summed E-state index contributed by atoms with van der Waals surface area (Å²) in [6.45, 7) is 4.14. The maximum atomic E-state index is 5.78. The third-order valence-corrected chi connectivity index (χ3v) is 5.03. The summed E-state index contributed by atoms with van der Waals surface area (Å²) in [5.74, 6) is 1.40. The van der Waals surface area contributed by atoms with Crippen molar-refractivity contribution in [1.82, 2.24) is 10.2 Å². The third kappa shape index (κ3) is 4.18. The van der Waals surface area contributed by atoms with E-state index in [1.807, 2.05) is 0 Å². The molecular weight excluding hydrogens is 324 g/mol. The Balaban J connectivity index is 1.69. The van der Waals surface area contributed by atoms with Crippen molar-refractivity contribution in [2.24, 2.45) is 0 Å². The lowest BCUT2D eigenvalue weighted by molar-refractivity contribution is 0.466. The minimum absolute atomic E-state index is 0.581. The number of rotatable bonds is 5. The molecule has 1 heterocycles. The molecule has 2 aromatic carbocycles. The summed E-state index contributed by atoms with van der Waals surface area (Å²) in [5.41, 5.74) is 4.62. The van der Waals surface area contributed by atoms with E-state index in [0.717, 1.165) is 11.3 Å². The number of nitrogens with zero attached hydrogens (tertiary/aromatic N) is 2. The number of aromatic nitrogens is 2. The van der Waals surface area contributed by atoms with Crippen LogP contribution < -0.4 is 0 Å². The quantitative estimate of drug-likeness (QED) is 0.583. The van der Waals surface area contributed by atoms with E-state index in [-0.39, 0.29) is 0 Å². The molecule has 0 bridgehead atoms. The van der Waals surface area contributed by atoms with E-state index in [2.05, 4.69) is 72.8 Å². The maximum absolute atomic E-state index is 5.78. The molecule has 0 atom stereocenters. The zero-order valence-corrected chi connectivity index (χ0v) is 15.0. The van der Waals surface area contributed by atoms with E-state index in [0.29, 0.717) is 11.1 Å². The number of thioether (sulfide) groups is 2. The van der Waals surface area contributed by atoms with Crippen LogP contribution in [0, 0.1) is 13.8 Å². The Labute approximate surface area is 144 Å². The SMILES string of the molecule is CSc1ccc(CSc2nnc(-c3cc(C)cc(C)c3)o2)cc1. The van der Waals surface area contributed by atoms with Gasteiger partial charge in [-0.05, 0) is 49.9 Å². The predicted molar refractivity (Wildman–Crippen MR) is 97.0 cm³/mol. The van der Waals surface area contributed by atoms with Crippen molar-refractivity contribution in [2.45, 2.75) is 29.7 Å². The van der Waals surface area contributed by atoms with Gasteiger partial charge >= 0.3 is 0 Å². The topological polar surface area (TPSA) is 38.9 Å². The fourth-order valence-electron chi connectivity index (χ4n) is 2.35. The lowest BCUT2D eigenvalue weighted by atomic mass is 10.1. The van der Waals surface area contributed by atoms with Gasteiger partial charge in [0.05, 0.1) is 0 Å². The molecule has 0 unspecified atom stereocenters. The number of hydrogen-bond acceptors (Lipinski definition) is 5. The minimum atomic E-state index is 0.581. The molecule has 0 amide bonds. The first kappa shape index (κ1) is 16.1. The third-order valence-electron chi connectivity index (χ3n) is 3.40. The molecule has 0 saturated carbocycles. The van der Waals surface area contributed by atoms with E-state index < -0.39 is 0 Å². The van der Waals surface area contributed by atoms with Gasteiger partial charge < -0.3 is 4.42 Å². The van der Waals surface area contributed by atoms with Gasteiger partial charge in [-0.25, -0.2) is 0 Å². The summed E-state index contributed by atoms with van der Waals surface area (Å²) in [5, 5.41) is 8.92. The van der Waals surface area contributed by atoms with Crippen LogP contribution in [0.5, 0.6) is 0 Å². The molecule has 0 radical (unpaired) electrons. The Morgan fingerprint density at radius 3 is 2.30 bits per heavy atom. The molecule has 0 N–H and O–H groups in total. The molecule has 0 saturated heterocycles. The molecule has 0 fully saturated rings. The maximum Gasteiger partial charge on any atom is 0.277 e. The molecule has 5 heteroatoms. The van der Waals surface area contributed by atoms with Crippen molar-refractivity contribution in [2.75, 3.05) is 6.26 Å². The highest BCUT2D eigenvalue weighted by Gasteiger charge is 2.10. The van der Waals surface area contributed by atoms with Gasteiger partial charge in [-0.1, -0.05) is 41.1 Å². The van der Waals surface area contributed by atoms with Gasteiger partial charge in [-0.15, -0.1) is 22.0 Å². The highest BCUT2D eigenvalue weighted by Crippen LogP contribution is 2.27. The number of benzene rings is 2. The molecule has 1 aromatic heterocycles. The van der Waals surface area contributed by atoms with Crippen molar-refractivity contribution in [3.63, 3.8) is 0 Å². The zero-order chi connectivity index (χ0) is 16.2. The first-order valence-electron chi connectivity index (χ1n) is 7.32. The average Bonchev–Trinajstić information content (AvgIpc) is 3.01. The van der Waals surface area contributed by atoms with Gasteiger partial charge in [-0.3, -0.25) is 0 Å². The normalized spacial score (nSPS) is 10.9. The van der Waals surface area contributed by atoms with Crippen LogP contribution >= 0.6 is 23.5 Å². The van der Waals surface area contributed by atoms with Crippen LogP contribution in [0.15, 0.2) is 57.0 Å². The fraction of sp³-hybridized carbons (Fsp3) is 0.222. The smallest absolute Gasteiger partial charge is 0.277 e. The Morgan fingerprint density at radius 1 is 0.957 bits per heavy atom. The lowest BCUT2D eigenvalue weighted by Gasteiger charge is -2.01. The minimum Gasteiger partial charge on any atom is -0.411 e. The molecule has 3 rings (SSSR count). The van der Waals surface area contributed by atoms with Crippen molar-refractivity contribution >= 4 is 23.5 Å². The summed E-state index contributed by atoms with van der Waals surface area (Å²) in [7, 11) is 0. The summed E-state index contributed by atoms with van der Waals surface area (Å²) >= 11 is 3.31. The van der Waals surface area contributed by atoms with Gasteiger partial charge in [0.1, 0.15) is 0 Å². The number of aryl methyl sites for hydroxylation is 2. The predicted octanol–water partition coefficient (Wildman–Crippen LogP) is 5.37. The molecule has 3 nitrogen and oxygen atoms in total. The summed E-state index contributed by atoms with van der Waals surface area (Å²) in [6.07, 6.45) is 2.08. The molecule has 23 heavy (non-hydrogen) atoms. The fourth-order valence-corrected chi connectivity index (χ4v) is 3.48. The monoisotopic (exact) mass is 342 g/mol. The molecular formula is C18H18N2OS2. The van der Waals surface area contributed by atoms with E-state index >= 15 is 0 Å². The van der Waals surface area contributed by atoms with Crippen molar-refractivity contribution in [3.05, 3.63) is 59.2 Å². The van der Waals surface area contributed by atoms with E-state index in [1.54, 1.807) is 23.5 Å². The second-order valence-corrected chi connectivity index (χ2v) is 7.19. The van der Waals surface area contributed by atoms with Gasteiger partial charge in [0.25, 0.3) is 5.22 Å². The zero-order valence-electron chi connectivity index (χ0n) is 13.4. The van der Waals surface area contributed by atoms with Crippen LogP contribution in [0.4, 0.5) is 0 Å². The Bertz CT molecular complexity index is 777. The molecule has 0 aliphatic carbocycles. The molecule has 3 aromatic rings. The second-order valence-electron chi connectivity index (χ2n) is 5.39. The second kappa shape index (κ2) is 7.23. The van der Waals surface area contributed by atoms with Crippen LogP contribution in [0.3, 0.4) is 0 Å². The van der Waals surface area contributed by atoms with Crippen LogP contribution in [0.2, 0.25) is 0 Å². The molecule has 0 aliphatic heterocycles. The van der Waals surface area contributed by atoms with Crippen molar-refractivity contribution in [1.29, 1.82) is 0 Å². The highest BCUT2D eigenvalue weighted by atomic mass is 32.2. The molecule has 0 aliphatic rings. The summed E-state index contributed by atoms with van der Waals surface area (Å²) in [6, 6.07) is 14.8. The Hall–Kier alpha value is -1.72. The number of hydrogen-bond donors (Lipinski definition) is 0. The van der Waals surface area contributed by atoms with Crippen LogP contribution in [-0.4, -0.2) is 16.5 Å². The Kier molecular flexibility index (Phi) is 5.08. The highest BCUT2D eigenvalue weighted by molar-refractivity contribution is 7.98. The summed E-state index contributed by atoms with van der Waals surface area (Å²) < 4.78 is 5.78. The van der Waals surface area contributed by atoms with Gasteiger partial charge in [0.2, 0.25) is 5.89 Å². The molecule has 0 spiro atoms. The van der Waals surface area contributed by atoms with Crippen LogP contribution in [-0.2, 0) is 5.75 Å².